The lowest BCUT2D eigenvalue weighted by molar-refractivity contribution is 0.893. The number of benzene rings is 2. The van der Waals surface area contributed by atoms with E-state index in [0.717, 1.165) is 0 Å². The van der Waals surface area contributed by atoms with E-state index in [0.29, 0.717) is 33.2 Å². The Morgan fingerprint density at radius 2 is 1.04 bits per heavy atom. The number of rotatable bonds is 6. The molecule has 0 aromatic heterocycles. The highest BCUT2D eigenvalue weighted by Gasteiger charge is 2.65. The Hall–Kier alpha value is -2.21. The number of allylic oxidation sites excluding steroid dienone is 5. The van der Waals surface area contributed by atoms with Crippen molar-refractivity contribution in [2.24, 2.45) is 0 Å². The van der Waals surface area contributed by atoms with Crippen molar-refractivity contribution in [3.63, 3.8) is 0 Å². The van der Waals surface area contributed by atoms with Crippen LogP contribution < -0.4 is 5.19 Å². The number of aryl methyl sites for hydroxylation is 1. The van der Waals surface area contributed by atoms with E-state index in [2.05, 4.69) is 145 Å². The molecule has 0 fully saturated rings. The molecule has 3 aromatic carbocycles. The maximum Gasteiger partial charge on any atom is 0.0443 e. The molecule has 45 heavy (non-hydrogen) atoms. The van der Waals surface area contributed by atoms with Gasteiger partial charge in [0.15, 0.2) is 0 Å². The molecule has 0 saturated carbocycles. The van der Waals surface area contributed by atoms with Crippen LogP contribution in [0.1, 0.15) is 112 Å². The fourth-order valence-electron chi connectivity index (χ4n) is 12.5. The lowest BCUT2D eigenvalue weighted by atomic mass is 10.0. The van der Waals surface area contributed by atoms with Gasteiger partial charge in [-0.1, -0.05) is 177 Å². The van der Waals surface area contributed by atoms with E-state index in [9.17, 15) is 0 Å². The number of hydrogen-bond acceptors (Lipinski definition) is 0. The summed E-state index contributed by atoms with van der Waals surface area (Å²) in [6, 6.07) is 19.1. The normalized spacial score (nSPS) is 20.8. The van der Waals surface area contributed by atoms with Crippen molar-refractivity contribution in [2.75, 3.05) is 0 Å². The van der Waals surface area contributed by atoms with E-state index in [1.165, 1.54) is 10.9 Å². The van der Waals surface area contributed by atoms with Crippen molar-refractivity contribution >= 4 is 56.5 Å². The molecule has 0 spiro atoms. The van der Waals surface area contributed by atoms with Gasteiger partial charge in [0.25, 0.3) is 0 Å². The second-order valence-electron chi connectivity index (χ2n) is 16.9. The molecule has 0 bridgehead atoms. The van der Waals surface area contributed by atoms with Crippen LogP contribution in [0.4, 0.5) is 0 Å². The second-order valence-corrected chi connectivity index (χ2v) is 32.0. The highest BCUT2D eigenvalue weighted by molar-refractivity contribution is 7.21. The highest BCUT2D eigenvalue weighted by Crippen LogP contribution is 2.76. The standard InChI is InChI=1S/C42H56Si3/c1-23(2)43(24(3)4)37-29(13)31-19-15-17-21-33(31)35(37)39-41(43)42-40(45(39,27(9)10)28(11)12)36-34-22-18-16-20-32(34)30(14)38(36)44(42,25(5)6)26(7)8/h15-28H,1-14H3/q-2. The van der Waals surface area contributed by atoms with Crippen molar-refractivity contribution in [3.8, 4) is 0 Å². The number of fused-ring (bicyclic) bond motifs is 9. The maximum atomic E-state index is 2.64. The first-order valence-electron chi connectivity index (χ1n) is 18.1. The Morgan fingerprint density at radius 1 is 0.533 bits per heavy atom. The van der Waals surface area contributed by atoms with Gasteiger partial charge in [0.05, 0.1) is 0 Å². The summed E-state index contributed by atoms with van der Waals surface area (Å²) < 4.78 is 0. The summed E-state index contributed by atoms with van der Waals surface area (Å²) in [5, 5.41) is 12.7. The fourth-order valence-corrected chi connectivity index (χ4v) is 35.9. The Labute approximate surface area is 277 Å². The molecule has 0 atom stereocenters. The molecular formula is C42H56Si3-2. The lowest BCUT2D eigenvalue weighted by Gasteiger charge is -2.57. The van der Waals surface area contributed by atoms with E-state index in [-0.39, 0.29) is 0 Å². The zero-order valence-electron chi connectivity index (χ0n) is 30.6. The van der Waals surface area contributed by atoms with Crippen LogP contribution in [0.2, 0.25) is 33.2 Å². The zero-order chi connectivity index (χ0) is 32.7. The van der Waals surface area contributed by atoms with Gasteiger partial charge in [-0.2, -0.15) is 16.3 Å². The van der Waals surface area contributed by atoms with Gasteiger partial charge in [-0.3, -0.25) is 0 Å². The van der Waals surface area contributed by atoms with Crippen LogP contribution in [0.3, 0.4) is 0 Å². The van der Waals surface area contributed by atoms with Crippen molar-refractivity contribution < 1.29 is 0 Å². The molecule has 3 heterocycles. The maximum absolute atomic E-state index is 2.64. The van der Waals surface area contributed by atoms with Gasteiger partial charge in [-0.25, -0.2) is 10.4 Å². The fraction of sp³-hybridized carbons (Fsp3) is 0.476. The predicted octanol–water partition coefficient (Wildman–Crippen LogP) is 12.2. The van der Waals surface area contributed by atoms with Gasteiger partial charge in [-0.05, 0) is 12.5 Å². The van der Waals surface area contributed by atoms with Crippen LogP contribution in [0.25, 0.3) is 27.1 Å². The third-order valence-electron chi connectivity index (χ3n) is 13.6. The molecule has 1 aliphatic carbocycles. The molecule has 0 amide bonds. The predicted molar refractivity (Wildman–Crippen MR) is 208 cm³/mol. The quantitative estimate of drug-likeness (QED) is 0.185. The Bertz CT molecular complexity index is 1820. The van der Waals surface area contributed by atoms with E-state index >= 15 is 0 Å². The van der Waals surface area contributed by atoms with Crippen LogP contribution >= 0.6 is 0 Å². The zero-order valence-corrected chi connectivity index (χ0v) is 33.6. The third-order valence-corrected chi connectivity index (χ3v) is 33.5. The SMILES string of the molecule is CC1=C2C(=C3[C-](C4=C([c-]5c(c(C)c6ccccc65)[Si]4(C(C)C)C(C)C)[Si]3(C(C)C)C(C)C)[Si]2(C(C)C)C(C)C)c2ccccc21. The van der Waals surface area contributed by atoms with Crippen molar-refractivity contribution in [1.29, 1.82) is 0 Å². The summed E-state index contributed by atoms with van der Waals surface area (Å²) in [6.07, 6.45) is 0. The molecular weight excluding hydrogens is 589 g/mol. The van der Waals surface area contributed by atoms with Gasteiger partial charge in [0.1, 0.15) is 0 Å². The first-order valence-corrected chi connectivity index (χ1v) is 24.5. The van der Waals surface area contributed by atoms with Crippen LogP contribution in [0.15, 0.2) is 64.1 Å². The average molecular weight is 645 g/mol. The Kier molecular flexibility index (Phi) is 6.91. The minimum Gasteiger partial charge on any atom is -0.210 e. The number of hydrogen-bond donors (Lipinski definition) is 0. The Balaban J connectivity index is 1.80. The first kappa shape index (κ1) is 31.4. The summed E-state index contributed by atoms with van der Waals surface area (Å²) in [6.45, 7) is 36.6. The molecule has 3 heteroatoms. The molecule has 0 N–H and O–H groups in total. The smallest absolute Gasteiger partial charge is 0.0443 e. The van der Waals surface area contributed by atoms with E-state index in [1.54, 1.807) is 33.2 Å². The van der Waals surface area contributed by atoms with Gasteiger partial charge < -0.3 is 0 Å². The lowest BCUT2D eigenvalue weighted by Crippen LogP contribution is -2.59. The van der Waals surface area contributed by atoms with Crippen LogP contribution in [-0.4, -0.2) is 24.2 Å². The highest BCUT2D eigenvalue weighted by atomic mass is 28.3. The summed E-state index contributed by atoms with van der Waals surface area (Å²) in [5.41, 5.74) is 15.7. The van der Waals surface area contributed by atoms with Crippen molar-refractivity contribution in [2.45, 2.75) is 130 Å². The topological polar surface area (TPSA) is 0 Å². The molecule has 0 nitrogen and oxygen atoms in total. The van der Waals surface area contributed by atoms with Crippen LogP contribution in [0, 0.1) is 12.5 Å². The minimum absolute atomic E-state index is 0.631. The van der Waals surface area contributed by atoms with Gasteiger partial charge >= 0.3 is 0 Å². The molecule has 0 unspecified atom stereocenters. The third kappa shape index (κ3) is 3.20. The van der Waals surface area contributed by atoms with E-state index in [4.69, 9.17) is 0 Å². The monoisotopic (exact) mass is 644 g/mol. The molecule has 4 aliphatic rings. The van der Waals surface area contributed by atoms with Crippen LogP contribution in [-0.2, 0) is 0 Å². The molecule has 0 radical (unpaired) electrons. The molecule has 238 valence electrons. The van der Waals surface area contributed by atoms with E-state index in [1.807, 2.05) is 31.5 Å². The van der Waals surface area contributed by atoms with E-state index < -0.39 is 24.2 Å². The largest absolute Gasteiger partial charge is 0.210 e. The second kappa shape index (κ2) is 9.90. The summed E-state index contributed by atoms with van der Waals surface area (Å²) in [5.74, 6) is 0. The molecule has 3 aliphatic heterocycles. The Morgan fingerprint density at radius 3 is 1.58 bits per heavy atom. The molecule has 3 aromatic rings. The summed E-state index contributed by atoms with van der Waals surface area (Å²) in [7, 11) is -6.73. The first-order chi connectivity index (χ1) is 21.2. The average Bonchev–Trinajstić information content (AvgIpc) is 3.70. The van der Waals surface area contributed by atoms with Gasteiger partial charge in [0, 0.05) is 24.2 Å². The minimum atomic E-state index is -2.29. The van der Waals surface area contributed by atoms with Gasteiger partial charge in [-0.15, -0.1) is 38.4 Å². The summed E-state index contributed by atoms with van der Waals surface area (Å²) >= 11 is 0. The molecule has 0 saturated heterocycles. The van der Waals surface area contributed by atoms with Crippen molar-refractivity contribution in [3.05, 3.63) is 91.9 Å². The summed E-state index contributed by atoms with van der Waals surface area (Å²) in [4.78, 5) is 0. The van der Waals surface area contributed by atoms with Crippen molar-refractivity contribution in [1.82, 2.24) is 0 Å². The van der Waals surface area contributed by atoms with Crippen LogP contribution in [0.5, 0.6) is 0 Å². The molecule has 7 rings (SSSR count). The van der Waals surface area contributed by atoms with Gasteiger partial charge in [0.2, 0.25) is 0 Å².